The molecule has 0 aliphatic heterocycles. The molecule has 0 spiro atoms. The van der Waals surface area contributed by atoms with Gasteiger partial charge in [0.05, 0.1) is 0 Å². The summed E-state index contributed by atoms with van der Waals surface area (Å²) < 4.78 is 0. The Labute approximate surface area is 76.6 Å². The molecule has 0 bridgehead atoms. The van der Waals surface area contributed by atoms with E-state index in [0.29, 0.717) is 0 Å². The highest BCUT2D eigenvalue weighted by Crippen LogP contribution is 2.12. The molecule has 0 aliphatic rings. The summed E-state index contributed by atoms with van der Waals surface area (Å²) in [7, 11) is 4.25. The van der Waals surface area contributed by atoms with Gasteiger partial charge in [-0.2, -0.15) is 12.6 Å². The summed E-state index contributed by atoms with van der Waals surface area (Å²) in [5.74, 6) is 1.87. The molecule has 0 N–H and O–H groups in total. The molecule has 0 aromatic carbocycles. The van der Waals surface area contributed by atoms with Crippen molar-refractivity contribution in [2.75, 3.05) is 26.4 Å². The van der Waals surface area contributed by atoms with E-state index in [4.69, 9.17) is 0 Å². The monoisotopic (exact) mass is 175 g/mol. The predicted molar refractivity (Wildman–Crippen MR) is 55.4 cm³/mol. The lowest BCUT2D eigenvalue weighted by molar-refractivity contribution is 0.353. The molecule has 0 saturated heterocycles. The number of hydrogen-bond acceptors (Lipinski definition) is 2. The second-order valence-electron chi connectivity index (χ2n) is 3.43. The second-order valence-corrected chi connectivity index (χ2v) is 3.79. The molecule has 11 heavy (non-hydrogen) atoms. The Hall–Kier alpha value is 0.310. The van der Waals surface area contributed by atoms with Gasteiger partial charge in [0.1, 0.15) is 0 Å². The maximum Gasteiger partial charge on any atom is -0.00219 e. The summed E-state index contributed by atoms with van der Waals surface area (Å²) in [4.78, 5) is 2.24. The molecule has 2 heteroatoms. The SMILES string of the molecule is CCCC(CS)CCN(C)C. The van der Waals surface area contributed by atoms with Crippen LogP contribution in [-0.4, -0.2) is 31.3 Å². The molecule has 0 radical (unpaired) electrons. The van der Waals surface area contributed by atoms with E-state index in [9.17, 15) is 0 Å². The minimum Gasteiger partial charge on any atom is -0.309 e. The molecule has 0 amide bonds. The third kappa shape index (κ3) is 6.70. The normalized spacial score (nSPS) is 13.9. The Balaban J connectivity index is 3.35. The van der Waals surface area contributed by atoms with Crippen molar-refractivity contribution in [2.45, 2.75) is 26.2 Å². The summed E-state index contributed by atoms with van der Waals surface area (Å²) in [6, 6.07) is 0. The van der Waals surface area contributed by atoms with Crippen molar-refractivity contribution in [1.82, 2.24) is 4.90 Å². The standard InChI is InChI=1S/C9H21NS/c1-4-5-9(8-11)6-7-10(2)3/h9,11H,4-8H2,1-3H3. The summed E-state index contributed by atoms with van der Waals surface area (Å²) >= 11 is 4.33. The van der Waals surface area contributed by atoms with Crippen LogP contribution in [0, 0.1) is 5.92 Å². The van der Waals surface area contributed by atoms with Crippen molar-refractivity contribution in [3.05, 3.63) is 0 Å². The third-order valence-electron chi connectivity index (χ3n) is 1.94. The molecule has 0 aromatic heterocycles. The molecule has 1 unspecified atom stereocenters. The van der Waals surface area contributed by atoms with Crippen molar-refractivity contribution in [3.8, 4) is 0 Å². The Bertz CT molecular complexity index is 83.6. The van der Waals surface area contributed by atoms with Crippen LogP contribution in [0.4, 0.5) is 0 Å². The van der Waals surface area contributed by atoms with Crippen LogP contribution in [0.5, 0.6) is 0 Å². The van der Waals surface area contributed by atoms with Gasteiger partial charge in [-0.3, -0.25) is 0 Å². The first kappa shape index (κ1) is 11.3. The lowest BCUT2D eigenvalue weighted by Crippen LogP contribution is -2.17. The van der Waals surface area contributed by atoms with Gasteiger partial charge in [-0.25, -0.2) is 0 Å². The van der Waals surface area contributed by atoms with E-state index < -0.39 is 0 Å². The van der Waals surface area contributed by atoms with Crippen LogP contribution in [0.2, 0.25) is 0 Å². The minimum absolute atomic E-state index is 0.825. The topological polar surface area (TPSA) is 3.24 Å². The van der Waals surface area contributed by atoms with Crippen LogP contribution in [0.25, 0.3) is 0 Å². The summed E-state index contributed by atoms with van der Waals surface area (Å²) in [6.07, 6.45) is 3.92. The van der Waals surface area contributed by atoms with Gasteiger partial charge in [0.2, 0.25) is 0 Å². The molecule has 1 nitrogen and oxygen atoms in total. The van der Waals surface area contributed by atoms with Crippen LogP contribution < -0.4 is 0 Å². The number of hydrogen-bond donors (Lipinski definition) is 1. The zero-order valence-electron chi connectivity index (χ0n) is 8.01. The van der Waals surface area contributed by atoms with Gasteiger partial charge in [-0.05, 0) is 45.2 Å². The third-order valence-corrected chi connectivity index (χ3v) is 2.46. The largest absolute Gasteiger partial charge is 0.309 e. The predicted octanol–water partition coefficient (Wildman–Crippen LogP) is 2.28. The smallest absolute Gasteiger partial charge is 0.00219 e. The first-order valence-corrected chi connectivity index (χ1v) is 5.09. The average Bonchev–Trinajstić information content (AvgIpc) is 1.97. The molecule has 1 atom stereocenters. The van der Waals surface area contributed by atoms with E-state index in [1.807, 2.05) is 0 Å². The lowest BCUT2D eigenvalue weighted by atomic mass is 10.0. The van der Waals surface area contributed by atoms with Crippen LogP contribution in [-0.2, 0) is 0 Å². The minimum atomic E-state index is 0.825. The fourth-order valence-corrected chi connectivity index (χ4v) is 1.54. The van der Waals surface area contributed by atoms with Crippen molar-refractivity contribution < 1.29 is 0 Å². The molecule has 0 aromatic rings. The molecule has 0 rings (SSSR count). The first-order valence-electron chi connectivity index (χ1n) is 4.46. The fraction of sp³-hybridized carbons (Fsp3) is 1.00. The Kier molecular flexibility index (Phi) is 7.18. The van der Waals surface area contributed by atoms with Crippen LogP contribution in [0.1, 0.15) is 26.2 Å². The van der Waals surface area contributed by atoms with Gasteiger partial charge < -0.3 is 4.90 Å². The Morgan fingerprint density at radius 1 is 1.27 bits per heavy atom. The molecule has 0 aliphatic carbocycles. The zero-order chi connectivity index (χ0) is 8.69. The van der Waals surface area contributed by atoms with Gasteiger partial charge in [0, 0.05) is 0 Å². The zero-order valence-corrected chi connectivity index (χ0v) is 8.90. The quantitative estimate of drug-likeness (QED) is 0.606. The van der Waals surface area contributed by atoms with E-state index in [-0.39, 0.29) is 0 Å². The molecule has 0 fully saturated rings. The molecule has 0 saturated carbocycles. The lowest BCUT2D eigenvalue weighted by Gasteiger charge is -2.16. The van der Waals surface area contributed by atoms with E-state index in [2.05, 4.69) is 38.5 Å². The van der Waals surface area contributed by atoms with Crippen molar-refractivity contribution >= 4 is 12.6 Å². The van der Waals surface area contributed by atoms with Crippen LogP contribution in [0.15, 0.2) is 0 Å². The molecule has 68 valence electrons. The molecular formula is C9H21NS. The average molecular weight is 175 g/mol. The molecule has 0 heterocycles. The van der Waals surface area contributed by atoms with Gasteiger partial charge in [-0.15, -0.1) is 0 Å². The van der Waals surface area contributed by atoms with Gasteiger partial charge in [0.15, 0.2) is 0 Å². The Morgan fingerprint density at radius 3 is 2.27 bits per heavy atom. The maximum absolute atomic E-state index is 4.33. The highest BCUT2D eigenvalue weighted by atomic mass is 32.1. The van der Waals surface area contributed by atoms with E-state index in [1.165, 1.54) is 25.8 Å². The fourth-order valence-electron chi connectivity index (χ4n) is 1.18. The van der Waals surface area contributed by atoms with Crippen molar-refractivity contribution in [3.63, 3.8) is 0 Å². The van der Waals surface area contributed by atoms with Crippen molar-refractivity contribution in [1.29, 1.82) is 0 Å². The van der Waals surface area contributed by atoms with Crippen molar-refractivity contribution in [2.24, 2.45) is 5.92 Å². The van der Waals surface area contributed by atoms with E-state index in [0.717, 1.165) is 11.7 Å². The van der Waals surface area contributed by atoms with Crippen LogP contribution in [0.3, 0.4) is 0 Å². The second kappa shape index (κ2) is 6.99. The summed E-state index contributed by atoms with van der Waals surface area (Å²) in [5.41, 5.74) is 0. The van der Waals surface area contributed by atoms with E-state index >= 15 is 0 Å². The number of nitrogens with zero attached hydrogens (tertiary/aromatic N) is 1. The van der Waals surface area contributed by atoms with Crippen LogP contribution >= 0.6 is 12.6 Å². The summed E-state index contributed by atoms with van der Waals surface area (Å²) in [6.45, 7) is 3.44. The Morgan fingerprint density at radius 2 is 1.91 bits per heavy atom. The number of rotatable bonds is 6. The van der Waals surface area contributed by atoms with Gasteiger partial charge in [-0.1, -0.05) is 13.3 Å². The number of thiol groups is 1. The van der Waals surface area contributed by atoms with E-state index in [1.54, 1.807) is 0 Å². The molecular weight excluding hydrogens is 154 g/mol. The van der Waals surface area contributed by atoms with Gasteiger partial charge >= 0.3 is 0 Å². The first-order chi connectivity index (χ1) is 5.20. The highest BCUT2D eigenvalue weighted by molar-refractivity contribution is 7.80. The summed E-state index contributed by atoms with van der Waals surface area (Å²) in [5, 5.41) is 0. The maximum atomic E-state index is 4.33. The highest BCUT2D eigenvalue weighted by Gasteiger charge is 2.04. The van der Waals surface area contributed by atoms with Gasteiger partial charge in [0.25, 0.3) is 0 Å².